The number of aromatic amines is 2. The molecular formula is C25H33N7O2. The van der Waals surface area contributed by atoms with Gasteiger partial charge in [0.1, 0.15) is 11.6 Å². The van der Waals surface area contributed by atoms with E-state index in [9.17, 15) is 9.59 Å². The van der Waals surface area contributed by atoms with E-state index < -0.39 is 5.91 Å². The van der Waals surface area contributed by atoms with Crippen molar-refractivity contribution >= 4 is 11.8 Å². The van der Waals surface area contributed by atoms with Gasteiger partial charge in [-0.15, -0.1) is 0 Å². The smallest absolute Gasteiger partial charge is 0.251 e. The first-order valence-corrected chi connectivity index (χ1v) is 12.0. The summed E-state index contributed by atoms with van der Waals surface area (Å²) >= 11 is 0. The van der Waals surface area contributed by atoms with Crippen LogP contribution in [-0.4, -0.2) is 62.8 Å². The topological polar surface area (TPSA) is 133 Å². The number of benzene rings is 1. The lowest BCUT2D eigenvalue weighted by atomic mass is 9.90. The van der Waals surface area contributed by atoms with Crippen LogP contribution in [0.3, 0.4) is 0 Å². The molecule has 1 saturated heterocycles. The van der Waals surface area contributed by atoms with E-state index in [-0.39, 0.29) is 5.91 Å². The van der Waals surface area contributed by atoms with Crippen molar-refractivity contribution in [3.63, 3.8) is 0 Å². The van der Waals surface area contributed by atoms with Crippen LogP contribution in [0.2, 0.25) is 0 Å². The summed E-state index contributed by atoms with van der Waals surface area (Å²) in [5.74, 6) is 0.708. The largest absolute Gasteiger partial charge is 0.366 e. The maximum absolute atomic E-state index is 13.2. The predicted octanol–water partition coefficient (Wildman–Crippen LogP) is 2.41. The highest BCUT2D eigenvalue weighted by atomic mass is 16.2. The van der Waals surface area contributed by atoms with Crippen LogP contribution in [0.25, 0.3) is 0 Å². The van der Waals surface area contributed by atoms with Crippen LogP contribution in [0.15, 0.2) is 36.9 Å². The fourth-order valence-corrected chi connectivity index (χ4v) is 4.61. The van der Waals surface area contributed by atoms with Crippen LogP contribution in [0.5, 0.6) is 0 Å². The van der Waals surface area contributed by atoms with Gasteiger partial charge < -0.3 is 25.9 Å². The molecule has 2 aromatic heterocycles. The Morgan fingerprint density at radius 2 is 1.53 bits per heavy atom. The molecule has 0 saturated carbocycles. The third-order valence-electron chi connectivity index (χ3n) is 6.37. The molecule has 2 amide bonds. The highest BCUT2D eigenvalue weighted by Crippen LogP contribution is 2.24. The van der Waals surface area contributed by atoms with E-state index in [0.29, 0.717) is 47.7 Å². The molecule has 9 nitrogen and oxygen atoms in total. The molecule has 0 atom stereocenters. The van der Waals surface area contributed by atoms with Gasteiger partial charge in [-0.05, 0) is 68.6 Å². The summed E-state index contributed by atoms with van der Waals surface area (Å²) in [6.45, 7) is 4.07. The maximum Gasteiger partial charge on any atom is 0.251 e. The molecule has 3 heterocycles. The number of primary amides is 1. The number of amides is 2. The normalized spacial score (nSPS) is 14.2. The predicted molar refractivity (Wildman–Crippen MR) is 130 cm³/mol. The Morgan fingerprint density at radius 3 is 2.12 bits per heavy atom. The van der Waals surface area contributed by atoms with Gasteiger partial charge in [0.05, 0.1) is 0 Å². The highest BCUT2D eigenvalue weighted by Gasteiger charge is 2.22. The molecule has 0 unspecified atom stereocenters. The average Bonchev–Trinajstić information content (AvgIpc) is 3.54. The van der Waals surface area contributed by atoms with Crippen molar-refractivity contribution in [2.24, 2.45) is 5.73 Å². The number of hydrogen-bond acceptors (Lipinski definition) is 5. The van der Waals surface area contributed by atoms with Gasteiger partial charge in [0.2, 0.25) is 5.91 Å². The van der Waals surface area contributed by atoms with Crippen LogP contribution in [0.1, 0.15) is 75.6 Å². The molecular weight excluding hydrogens is 430 g/mol. The maximum atomic E-state index is 13.2. The monoisotopic (exact) mass is 463 g/mol. The number of H-pyrrole nitrogens is 2. The quantitative estimate of drug-likeness (QED) is 0.324. The average molecular weight is 464 g/mol. The molecule has 1 aliphatic rings. The summed E-state index contributed by atoms with van der Waals surface area (Å²) in [6.07, 6.45) is 13.4. The molecule has 0 bridgehead atoms. The van der Waals surface area contributed by atoms with E-state index in [1.807, 2.05) is 0 Å². The summed E-state index contributed by atoms with van der Waals surface area (Å²) < 4.78 is 0. The standard InChI is InChI=1S/C25H33N7O2/c26-24(33)18-6-7-19(25(34)31-8-2-5-15-32-13-3-1-4-14-32)21(17-23-29-11-12-30-23)20(18)16-22-27-9-10-28-22/h6-7,9-12H,1-5,8,13-17H2,(H2,26,33)(H,27,28)(H,29,30)(H,31,34). The van der Waals surface area contributed by atoms with E-state index in [4.69, 9.17) is 5.73 Å². The first-order chi connectivity index (χ1) is 16.6. The molecule has 1 fully saturated rings. The first-order valence-electron chi connectivity index (χ1n) is 12.0. The zero-order chi connectivity index (χ0) is 23.8. The number of unbranched alkanes of at least 4 members (excludes halogenated alkanes) is 1. The number of nitrogens with zero attached hydrogens (tertiary/aromatic N) is 3. The fourth-order valence-electron chi connectivity index (χ4n) is 4.61. The van der Waals surface area contributed by atoms with Crippen LogP contribution in [-0.2, 0) is 12.8 Å². The second-order valence-electron chi connectivity index (χ2n) is 8.77. The van der Waals surface area contributed by atoms with Crippen LogP contribution >= 0.6 is 0 Å². The van der Waals surface area contributed by atoms with Gasteiger partial charge >= 0.3 is 0 Å². The molecule has 180 valence electrons. The van der Waals surface area contributed by atoms with Crippen molar-refractivity contribution in [3.8, 4) is 0 Å². The van der Waals surface area contributed by atoms with Crippen LogP contribution in [0.4, 0.5) is 0 Å². The molecule has 3 aromatic rings. The van der Waals surface area contributed by atoms with E-state index >= 15 is 0 Å². The Hall–Kier alpha value is -3.46. The Balaban J connectivity index is 1.50. The molecule has 0 spiro atoms. The van der Waals surface area contributed by atoms with Gasteiger partial charge in [0, 0.05) is 55.3 Å². The summed E-state index contributed by atoms with van der Waals surface area (Å²) in [7, 11) is 0. The van der Waals surface area contributed by atoms with Gasteiger partial charge in [0.25, 0.3) is 5.91 Å². The van der Waals surface area contributed by atoms with E-state index in [0.717, 1.165) is 24.9 Å². The number of rotatable bonds is 11. The lowest BCUT2D eigenvalue weighted by Crippen LogP contribution is -2.31. The van der Waals surface area contributed by atoms with Gasteiger partial charge in [-0.25, -0.2) is 9.97 Å². The number of imidazole rings is 2. The Labute approximate surface area is 199 Å². The molecule has 0 radical (unpaired) electrons. The fraction of sp³-hybridized carbons (Fsp3) is 0.440. The van der Waals surface area contributed by atoms with Gasteiger partial charge in [-0.2, -0.15) is 0 Å². The minimum Gasteiger partial charge on any atom is -0.366 e. The number of piperidine rings is 1. The van der Waals surface area contributed by atoms with E-state index in [2.05, 4.69) is 30.2 Å². The van der Waals surface area contributed by atoms with Crippen molar-refractivity contribution in [1.29, 1.82) is 0 Å². The zero-order valence-corrected chi connectivity index (χ0v) is 19.5. The molecule has 0 aliphatic carbocycles. The van der Waals surface area contributed by atoms with Gasteiger partial charge in [-0.3, -0.25) is 9.59 Å². The molecule has 9 heteroatoms. The number of likely N-dealkylation sites (tertiary alicyclic amines) is 1. The minimum atomic E-state index is -0.535. The summed E-state index contributed by atoms with van der Waals surface area (Å²) in [5.41, 5.74) is 8.02. The molecule has 34 heavy (non-hydrogen) atoms. The molecule has 4 rings (SSSR count). The second-order valence-corrected chi connectivity index (χ2v) is 8.77. The number of carbonyl (C=O) groups is 2. The number of hydrogen-bond donors (Lipinski definition) is 4. The summed E-state index contributed by atoms with van der Waals surface area (Å²) in [6, 6.07) is 3.32. The Bertz CT molecular complexity index is 1070. The SMILES string of the molecule is NC(=O)c1ccc(C(=O)NCCCCN2CCCCC2)c(Cc2ncc[nH]2)c1Cc1ncc[nH]1. The van der Waals surface area contributed by atoms with Crippen molar-refractivity contribution in [3.05, 3.63) is 70.8 Å². The molecule has 5 N–H and O–H groups in total. The Morgan fingerprint density at radius 1 is 0.912 bits per heavy atom. The lowest BCUT2D eigenvalue weighted by Gasteiger charge is -2.26. The lowest BCUT2D eigenvalue weighted by molar-refractivity contribution is 0.0948. The molecule has 1 aliphatic heterocycles. The summed E-state index contributed by atoms with van der Waals surface area (Å²) in [4.78, 5) is 42.7. The first kappa shape index (κ1) is 23.7. The number of carbonyl (C=O) groups excluding carboxylic acids is 2. The van der Waals surface area contributed by atoms with Crippen molar-refractivity contribution < 1.29 is 9.59 Å². The third kappa shape index (κ3) is 6.11. The Kier molecular flexibility index (Phi) is 8.08. The third-order valence-corrected chi connectivity index (χ3v) is 6.37. The summed E-state index contributed by atoms with van der Waals surface area (Å²) in [5, 5.41) is 3.06. The van der Waals surface area contributed by atoms with E-state index in [1.165, 1.54) is 32.4 Å². The second kappa shape index (κ2) is 11.6. The van der Waals surface area contributed by atoms with Crippen LogP contribution < -0.4 is 11.1 Å². The van der Waals surface area contributed by atoms with Crippen molar-refractivity contribution in [1.82, 2.24) is 30.2 Å². The highest BCUT2D eigenvalue weighted by molar-refractivity contribution is 6.00. The zero-order valence-electron chi connectivity index (χ0n) is 19.5. The van der Waals surface area contributed by atoms with Crippen molar-refractivity contribution in [2.45, 2.75) is 44.9 Å². The number of nitrogens with one attached hydrogen (secondary N) is 3. The van der Waals surface area contributed by atoms with Gasteiger partial charge in [0.15, 0.2) is 0 Å². The van der Waals surface area contributed by atoms with E-state index in [1.54, 1.807) is 36.9 Å². The minimum absolute atomic E-state index is 0.156. The number of aromatic nitrogens is 4. The van der Waals surface area contributed by atoms with Crippen LogP contribution in [0, 0.1) is 0 Å². The number of nitrogens with two attached hydrogens (primary N) is 1. The van der Waals surface area contributed by atoms with Crippen molar-refractivity contribution in [2.75, 3.05) is 26.2 Å². The molecule has 1 aromatic carbocycles. The van der Waals surface area contributed by atoms with Gasteiger partial charge in [-0.1, -0.05) is 6.42 Å².